The van der Waals surface area contributed by atoms with E-state index in [1.807, 2.05) is 36.5 Å². The largest absolute Gasteiger partial charge is 0.493 e. The van der Waals surface area contributed by atoms with Crippen molar-refractivity contribution in [2.45, 2.75) is 94.9 Å². The molecule has 2 aromatic carbocycles. The summed E-state index contributed by atoms with van der Waals surface area (Å²) in [6.07, 6.45) is 10.9. The van der Waals surface area contributed by atoms with E-state index in [1.165, 1.54) is 41.6 Å². The van der Waals surface area contributed by atoms with Crippen LogP contribution in [0.2, 0.25) is 5.02 Å². The first-order valence-corrected chi connectivity index (χ1v) is 21.0. The van der Waals surface area contributed by atoms with Gasteiger partial charge in [0, 0.05) is 54.3 Å². The molecule has 1 saturated heterocycles. The number of aromatic nitrogens is 1. The van der Waals surface area contributed by atoms with E-state index in [4.69, 9.17) is 30.5 Å². The van der Waals surface area contributed by atoms with Crippen LogP contribution in [0.5, 0.6) is 17.2 Å². The average Bonchev–Trinajstić information content (AvgIpc) is 3.66. The second kappa shape index (κ2) is 16.1. The van der Waals surface area contributed by atoms with Gasteiger partial charge < -0.3 is 34.3 Å². The predicted molar refractivity (Wildman–Crippen MR) is 215 cm³/mol. The lowest BCUT2D eigenvalue weighted by Gasteiger charge is -2.47. The molecule has 296 valence electrons. The molecule has 2 fully saturated rings. The summed E-state index contributed by atoms with van der Waals surface area (Å²) in [7, 11) is 1.79. The van der Waals surface area contributed by atoms with Crippen molar-refractivity contribution in [2.75, 3.05) is 58.5 Å². The van der Waals surface area contributed by atoms with Crippen molar-refractivity contribution in [3.8, 4) is 17.2 Å². The van der Waals surface area contributed by atoms with E-state index in [1.54, 1.807) is 7.11 Å². The molecule has 8 rings (SSSR count). The van der Waals surface area contributed by atoms with E-state index in [2.05, 4.69) is 41.2 Å². The number of ether oxygens (including phenoxy) is 4. The Hall–Kier alpha value is -3.53. The fourth-order valence-electron chi connectivity index (χ4n) is 10.7. The fraction of sp³-hybridized carbons (Fsp3) is 0.600. The monoisotopic (exact) mass is 771 g/mol. The summed E-state index contributed by atoms with van der Waals surface area (Å²) in [6.45, 7) is 10.4. The maximum atomic E-state index is 13.1. The van der Waals surface area contributed by atoms with E-state index < -0.39 is 11.5 Å². The van der Waals surface area contributed by atoms with Gasteiger partial charge in [-0.2, -0.15) is 0 Å². The van der Waals surface area contributed by atoms with E-state index in [0.29, 0.717) is 61.4 Å². The molecule has 55 heavy (non-hydrogen) atoms. The fourth-order valence-corrected chi connectivity index (χ4v) is 10.9. The SMILES string of the molecule is COC[C@H]1CCN(CC2COc3cc4c(cc3OC2)C2(CCC(Nc3cccc(Cl)c3)(C(=O)O)CC2)[C@@H](C[C@@H](C)COc2ccnc3c2[C@H](C)CCC3)C4)C1. The number of aliphatic carboxylic acids is 1. The zero-order valence-electron chi connectivity index (χ0n) is 32.8. The van der Waals surface area contributed by atoms with Crippen LogP contribution in [0.15, 0.2) is 48.7 Å². The summed E-state index contributed by atoms with van der Waals surface area (Å²) in [5, 5.41) is 14.7. The second-order valence-electron chi connectivity index (χ2n) is 17.5. The van der Waals surface area contributed by atoms with Crippen LogP contribution in [-0.4, -0.2) is 79.7 Å². The van der Waals surface area contributed by atoms with Crippen LogP contribution in [0.25, 0.3) is 0 Å². The van der Waals surface area contributed by atoms with Crippen molar-refractivity contribution in [1.29, 1.82) is 0 Å². The second-order valence-corrected chi connectivity index (χ2v) is 17.9. The normalized spacial score (nSPS) is 29.3. The molecule has 5 atom stereocenters. The maximum absolute atomic E-state index is 13.1. The molecule has 5 aliphatic rings. The summed E-state index contributed by atoms with van der Waals surface area (Å²) in [5.74, 6) is 3.79. The van der Waals surface area contributed by atoms with Gasteiger partial charge in [-0.15, -0.1) is 0 Å². The number of methoxy groups -OCH3 is 1. The van der Waals surface area contributed by atoms with Crippen molar-refractivity contribution in [1.82, 2.24) is 9.88 Å². The number of carboxylic acids is 1. The molecule has 1 aromatic heterocycles. The number of anilines is 1. The van der Waals surface area contributed by atoms with Crippen molar-refractivity contribution in [3.05, 3.63) is 76.1 Å². The van der Waals surface area contributed by atoms with E-state index in [0.717, 1.165) is 81.3 Å². The molecule has 1 spiro atoms. The summed E-state index contributed by atoms with van der Waals surface area (Å²) in [4.78, 5) is 20.3. The zero-order chi connectivity index (χ0) is 38.2. The number of carboxylic acid groups (broad SMARTS) is 1. The van der Waals surface area contributed by atoms with Crippen LogP contribution >= 0.6 is 11.6 Å². The number of nitrogens with zero attached hydrogens (tertiary/aromatic N) is 2. The highest BCUT2D eigenvalue weighted by Crippen LogP contribution is 2.58. The summed E-state index contributed by atoms with van der Waals surface area (Å²) in [5.41, 5.74) is 4.57. The summed E-state index contributed by atoms with van der Waals surface area (Å²) < 4.78 is 25.2. The number of hydrogen-bond acceptors (Lipinski definition) is 8. The van der Waals surface area contributed by atoms with Gasteiger partial charge in [0.25, 0.3) is 0 Å². The van der Waals surface area contributed by atoms with Gasteiger partial charge >= 0.3 is 5.97 Å². The molecule has 3 aromatic rings. The molecule has 9 nitrogen and oxygen atoms in total. The maximum Gasteiger partial charge on any atom is 0.329 e. The lowest BCUT2D eigenvalue weighted by atomic mass is 9.59. The quantitative estimate of drug-likeness (QED) is 0.188. The number of nitrogens with one attached hydrogen (secondary N) is 1. The number of rotatable bonds is 12. The molecular weight excluding hydrogens is 714 g/mol. The van der Waals surface area contributed by atoms with Gasteiger partial charge in [0.2, 0.25) is 0 Å². The Balaban J connectivity index is 1.02. The lowest BCUT2D eigenvalue weighted by Crippen LogP contribution is -2.53. The van der Waals surface area contributed by atoms with E-state index in [-0.39, 0.29) is 11.3 Å². The van der Waals surface area contributed by atoms with Crippen LogP contribution < -0.4 is 19.5 Å². The Morgan fingerprint density at radius 3 is 2.65 bits per heavy atom. The van der Waals surface area contributed by atoms with Crippen LogP contribution in [0.1, 0.15) is 93.5 Å². The van der Waals surface area contributed by atoms with Gasteiger partial charge in [-0.05, 0) is 147 Å². The van der Waals surface area contributed by atoms with Crippen molar-refractivity contribution >= 4 is 23.3 Å². The van der Waals surface area contributed by atoms with Gasteiger partial charge in [0.15, 0.2) is 11.5 Å². The Morgan fingerprint density at radius 1 is 1.09 bits per heavy atom. The molecule has 0 radical (unpaired) electrons. The summed E-state index contributed by atoms with van der Waals surface area (Å²) >= 11 is 6.32. The Labute approximate surface area is 331 Å². The highest BCUT2D eigenvalue weighted by atomic mass is 35.5. The minimum absolute atomic E-state index is 0.182. The van der Waals surface area contributed by atoms with Gasteiger partial charge in [-0.25, -0.2) is 4.79 Å². The van der Waals surface area contributed by atoms with Crippen LogP contribution in [0.3, 0.4) is 0 Å². The average molecular weight is 772 g/mol. The molecule has 1 unspecified atom stereocenters. The number of pyridine rings is 1. The molecule has 3 heterocycles. The van der Waals surface area contributed by atoms with E-state index >= 15 is 0 Å². The molecular formula is C45H58ClN3O6. The lowest BCUT2D eigenvalue weighted by molar-refractivity contribution is -0.144. The topological polar surface area (TPSA) is 102 Å². The number of aryl methyl sites for hydroxylation is 1. The van der Waals surface area contributed by atoms with Crippen LogP contribution in [0.4, 0.5) is 5.69 Å². The predicted octanol–water partition coefficient (Wildman–Crippen LogP) is 8.56. The third kappa shape index (κ3) is 7.91. The van der Waals surface area contributed by atoms with Crippen molar-refractivity contribution in [3.63, 3.8) is 0 Å². The molecule has 0 bridgehead atoms. The van der Waals surface area contributed by atoms with Crippen molar-refractivity contribution in [2.24, 2.45) is 23.7 Å². The molecule has 3 aliphatic carbocycles. The van der Waals surface area contributed by atoms with Gasteiger partial charge in [-0.1, -0.05) is 31.5 Å². The number of carbonyl (C=O) groups is 1. The Bertz CT molecular complexity index is 1840. The third-order valence-electron chi connectivity index (χ3n) is 13.6. The highest BCUT2D eigenvalue weighted by Gasteiger charge is 2.54. The first-order chi connectivity index (χ1) is 26.6. The number of fused-ring (bicyclic) bond motifs is 4. The minimum Gasteiger partial charge on any atom is -0.493 e. The number of halogens is 1. The number of likely N-dealkylation sites (tertiary alicyclic amines) is 1. The first-order valence-electron chi connectivity index (χ1n) is 20.7. The number of hydrogen-bond donors (Lipinski definition) is 2. The van der Waals surface area contributed by atoms with Crippen molar-refractivity contribution < 1.29 is 28.8 Å². The Morgan fingerprint density at radius 2 is 1.89 bits per heavy atom. The van der Waals surface area contributed by atoms with Gasteiger partial charge in [0.05, 0.1) is 26.4 Å². The van der Waals surface area contributed by atoms with Crippen LogP contribution in [-0.2, 0) is 27.8 Å². The van der Waals surface area contributed by atoms with E-state index in [9.17, 15) is 9.90 Å². The third-order valence-corrected chi connectivity index (χ3v) is 13.8. The molecule has 0 amide bonds. The molecule has 10 heteroatoms. The molecule has 2 N–H and O–H groups in total. The minimum atomic E-state index is -1.08. The number of benzene rings is 2. The molecule has 1 saturated carbocycles. The zero-order valence-corrected chi connectivity index (χ0v) is 33.5. The smallest absolute Gasteiger partial charge is 0.329 e. The van der Waals surface area contributed by atoms with Gasteiger partial charge in [0.1, 0.15) is 11.3 Å². The highest BCUT2D eigenvalue weighted by molar-refractivity contribution is 6.30. The summed E-state index contributed by atoms with van der Waals surface area (Å²) in [6, 6.07) is 13.9. The van der Waals surface area contributed by atoms with Gasteiger partial charge in [-0.3, -0.25) is 4.98 Å². The Kier molecular flexibility index (Phi) is 11.3. The standard InChI is InChI=1S/C45H58ClN3O6/c1-29(25-53-39-10-16-47-38-9-4-6-30(2)42(38)39)18-34-19-33-20-40-41(55-28-32(27-54-40)24-49-17-11-31(23-49)26-52-3)22-37(33)44(34)12-14-45(15-13-44,43(50)51)48-36-8-5-7-35(46)21-36/h5,7-8,10,16,20-22,29-32,34,48H,4,6,9,11-15,17-19,23-28H2,1-3H3,(H,50,51)/t29-,30-,31+,32?,34+,44?,45?/m1/s1. The molecule has 2 aliphatic heterocycles. The van der Waals surface area contributed by atoms with Crippen LogP contribution in [0, 0.1) is 23.7 Å². The first kappa shape index (κ1) is 38.3.